The maximum absolute atomic E-state index is 6.68. The number of ether oxygens (including phenoxy) is 1. The molecule has 0 aliphatic heterocycles. The molecule has 1 heterocycles. The van der Waals surface area contributed by atoms with Gasteiger partial charge in [0.15, 0.2) is 8.32 Å². The van der Waals surface area contributed by atoms with Crippen molar-refractivity contribution in [1.29, 1.82) is 0 Å². The van der Waals surface area contributed by atoms with Gasteiger partial charge in [0, 0.05) is 6.20 Å². The largest absolute Gasteiger partial charge is 0.501 e. The molecule has 1 aromatic heterocycles. The van der Waals surface area contributed by atoms with E-state index in [1.807, 2.05) is 25.3 Å². The number of rotatable bonds is 6. The minimum Gasteiger partial charge on any atom is -0.501 e. The van der Waals surface area contributed by atoms with Gasteiger partial charge in [-0.2, -0.15) is 0 Å². The molecule has 0 aromatic carbocycles. The van der Waals surface area contributed by atoms with Gasteiger partial charge in [0.25, 0.3) is 0 Å². The maximum Gasteiger partial charge on any atom is 0.193 e. The standard InChI is InChI=1S/C18H28ClNO2Si/c1-7-21-13-9-14-8-12-20-16(15(14)19)18(10-11-18)22-23(5,6)17(2,3)4/h8-9,12-13H,7,10-11H2,1-6H3. The van der Waals surface area contributed by atoms with E-state index in [1.54, 1.807) is 6.26 Å². The molecule has 0 unspecified atom stereocenters. The summed E-state index contributed by atoms with van der Waals surface area (Å²) < 4.78 is 12.0. The molecule has 0 spiro atoms. The van der Waals surface area contributed by atoms with Crippen LogP contribution in [0.4, 0.5) is 0 Å². The van der Waals surface area contributed by atoms with Gasteiger partial charge in [-0.3, -0.25) is 4.98 Å². The lowest BCUT2D eigenvalue weighted by atomic mass is 10.1. The van der Waals surface area contributed by atoms with Crippen molar-refractivity contribution in [3.8, 4) is 0 Å². The molecule has 0 bridgehead atoms. The third-order valence-corrected chi connectivity index (χ3v) is 9.73. The second-order valence-corrected chi connectivity index (χ2v) is 12.8. The van der Waals surface area contributed by atoms with Crippen LogP contribution in [-0.4, -0.2) is 19.9 Å². The van der Waals surface area contributed by atoms with Crippen molar-refractivity contribution < 1.29 is 9.16 Å². The molecule has 2 rings (SSSR count). The highest BCUT2D eigenvalue weighted by Crippen LogP contribution is 2.55. The number of hydrogen-bond donors (Lipinski definition) is 0. The van der Waals surface area contributed by atoms with Crippen molar-refractivity contribution in [3.63, 3.8) is 0 Å². The fourth-order valence-electron chi connectivity index (χ4n) is 2.26. The highest BCUT2D eigenvalue weighted by molar-refractivity contribution is 6.74. The SMILES string of the molecule is CCOC=Cc1ccnc(C2(O[Si](C)(C)C(C)(C)C)CC2)c1Cl. The summed E-state index contributed by atoms with van der Waals surface area (Å²) in [5, 5.41) is 0.848. The Morgan fingerprint density at radius 3 is 2.52 bits per heavy atom. The molecule has 0 amide bonds. The van der Waals surface area contributed by atoms with E-state index in [0.717, 1.165) is 24.1 Å². The Bertz CT molecular complexity index is 589. The van der Waals surface area contributed by atoms with Crippen LogP contribution >= 0.6 is 11.6 Å². The van der Waals surface area contributed by atoms with Gasteiger partial charge in [0.2, 0.25) is 0 Å². The van der Waals surface area contributed by atoms with Crippen LogP contribution in [0.1, 0.15) is 51.8 Å². The molecule has 1 aromatic rings. The zero-order valence-corrected chi connectivity index (χ0v) is 16.8. The molecule has 23 heavy (non-hydrogen) atoms. The van der Waals surface area contributed by atoms with Gasteiger partial charge in [-0.1, -0.05) is 32.4 Å². The van der Waals surface area contributed by atoms with Crippen molar-refractivity contribution in [1.82, 2.24) is 4.98 Å². The molecule has 0 atom stereocenters. The van der Waals surface area contributed by atoms with Crippen LogP contribution in [0.15, 0.2) is 18.5 Å². The quantitative estimate of drug-likeness (QED) is 0.481. The van der Waals surface area contributed by atoms with Gasteiger partial charge in [0.1, 0.15) is 5.60 Å². The molecule has 0 N–H and O–H groups in total. The average Bonchev–Trinajstić information content (AvgIpc) is 3.19. The topological polar surface area (TPSA) is 31.4 Å². The molecule has 1 aliphatic rings. The van der Waals surface area contributed by atoms with Crippen LogP contribution in [0.2, 0.25) is 23.2 Å². The fourth-order valence-corrected chi connectivity index (χ4v) is 4.20. The van der Waals surface area contributed by atoms with Crippen LogP contribution in [0.5, 0.6) is 0 Å². The van der Waals surface area contributed by atoms with Crippen LogP contribution in [0.25, 0.3) is 6.08 Å². The molecule has 1 aliphatic carbocycles. The minimum atomic E-state index is -1.87. The molecule has 3 nitrogen and oxygen atoms in total. The molecular formula is C18H28ClNO2Si. The highest BCUT2D eigenvalue weighted by Gasteiger charge is 2.54. The van der Waals surface area contributed by atoms with Crippen LogP contribution in [0.3, 0.4) is 0 Å². The molecule has 1 saturated carbocycles. The predicted molar refractivity (Wildman–Crippen MR) is 99.1 cm³/mol. The van der Waals surface area contributed by atoms with Crippen molar-refractivity contribution in [2.24, 2.45) is 0 Å². The summed E-state index contributed by atoms with van der Waals surface area (Å²) in [5.41, 5.74) is 1.51. The smallest absolute Gasteiger partial charge is 0.193 e. The number of halogens is 1. The average molecular weight is 354 g/mol. The Balaban J connectivity index is 2.30. The lowest BCUT2D eigenvalue weighted by Gasteiger charge is -2.39. The first-order chi connectivity index (χ1) is 10.6. The van der Waals surface area contributed by atoms with Gasteiger partial charge < -0.3 is 9.16 Å². The Labute approximate surface area is 146 Å². The molecular weight excluding hydrogens is 326 g/mol. The second kappa shape index (κ2) is 6.58. The van der Waals surface area contributed by atoms with Crippen LogP contribution < -0.4 is 0 Å². The molecule has 0 saturated heterocycles. The molecule has 128 valence electrons. The first-order valence-corrected chi connectivity index (χ1v) is 11.5. The van der Waals surface area contributed by atoms with Crippen LogP contribution in [-0.2, 0) is 14.8 Å². The minimum absolute atomic E-state index is 0.168. The van der Waals surface area contributed by atoms with Gasteiger partial charge in [-0.05, 0) is 55.6 Å². The van der Waals surface area contributed by atoms with Crippen molar-refractivity contribution in [2.45, 2.75) is 64.3 Å². The Hall–Kier alpha value is -0.843. The summed E-state index contributed by atoms with van der Waals surface area (Å²) in [6.07, 6.45) is 7.36. The van der Waals surface area contributed by atoms with E-state index in [4.69, 9.17) is 20.8 Å². The highest BCUT2D eigenvalue weighted by atomic mass is 35.5. The number of nitrogens with zero attached hydrogens (tertiary/aromatic N) is 1. The van der Waals surface area contributed by atoms with E-state index < -0.39 is 8.32 Å². The summed E-state index contributed by atoms with van der Waals surface area (Å²) in [5.74, 6) is 0. The van der Waals surface area contributed by atoms with E-state index in [9.17, 15) is 0 Å². The van der Waals surface area contributed by atoms with E-state index in [1.165, 1.54) is 0 Å². The lowest BCUT2D eigenvalue weighted by Crippen LogP contribution is -2.44. The maximum atomic E-state index is 6.68. The van der Waals surface area contributed by atoms with Gasteiger partial charge in [0.05, 0.1) is 23.6 Å². The monoisotopic (exact) mass is 353 g/mol. The number of hydrogen-bond acceptors (Lipinski definition) is 3. The van der Waals surface area contributed by atoms with Crippen molar-refractivity contribution >= 4 is 26.0 Å². The third kappa shape index (κ3) is 3.98. The van der Waals surface area contributed by atoms with E-state index in [-0.39, 0.29) is 10.6 Å². The fraction of sp³-hybridized carbons (Fsp3) is 0.611. The lowest BCUT2D eigenvalue weighted by molar-refractivity contribution is 0.154. The summed E-state index contributed by atoms with van der Waals surface area (Å²) in [4.78, 5) is 4.56. The van der Waals surface area contributed by atoms with E-state index in [0.29, 0.717) is 11.6 Å². The Morgan fingerprint density at radius 2 is 2.00 bits per heavy atom. The van der Waals surface area contributed by atoms with Gasteiger partial charge in [-0.15, -0.1) is 0 Å². The van der Waals surface area contributed by atoms with E-state index >= 15 is 0 Å². The van der Waals surface area contributed by atoms with Gasteiger partial charge >= 0.3 is 0 Å². The summed E-state index contributed by atoms with van der Waals surface area (Å²) in [6.45, 7) is 13.9. The normalized spacial score (nSPS) is 17.5. The first-order valence-electron chi connectivity index (χ1n) is 8.26. The summed E-state index contributed by atoms with van der Waals surface area (Å²) in [7, 11) is -1.87. The number of aromatic nitrogens is 1. The summed E-state index contributed by atoms with van der Waals surface area (Å²) >= 11 is 6.62. The van der Waals surface area contributed by atoms with Gasteiger partial charge in [-0.25, -0.2) is 0 Å². The van der Waals surface area contributed by atoms with E-state index in [2.05, 4.69) is 38.8 Å². The van der Waals surface area contributed by atoms with Crippen LogP contribution in [0, 0.1) is 0 Å². The predicted octanol–water partition coefficient (Wildman–Crippen LogP) is 5.75. The molecule has 5 heteroatoms. The zero-order valence-electron chi connectivity index (χ0n) is 15.1. The zero-order chi connectivity index (χ0) is 17.3. The number of pyridine rings is 1. The third-order valence-electron chi connectivity index (χ3n) is 4.82. The van der Waals surface area contributed by atoms with Crippen molar-refractivity contribution in [2.75, 3.05) is 6.61 Å². The summed E-state index contributed by atoms with van der Waals surface area (Å²) in [6, 6.07) is 1.91. The molecule has 0 radical (unpaired) electrons. The Kier molecular flexibility index (Phi) is 5.29. The second-order valence-electron chi connectivity index (χ2n) is 7.68. The molecule has 1 fully saturated rings. The van der Waals surface area contributed by atoms with Crippen molar-refractivity contribution in [3.05, 3.63) is 34.8 Å². The Morgan fingerprint density at radius 1 is 1.35 bits per heavy atom. The first kappa shape index (κ1) is 18.5.